The van der Waals surface area contributed by atoms with Crippen molar-refractivity contribution in [3.63, 3.8) is 0 Å². The van der Waals surface area contributed by atoms with Gasteiger partial charge in [0, 0.05) is 65.9 Å². The lowest BCUT2D eigenvalue weighted by Gasteiger charge is -2.37. The van der Waals surface area contributed by atoms with Gasteiger partial charge in [-0.2, -0.15) is 0 Å². The van der Waals surface area contributed by atoms with Crippen molar-refractivity contribution in [2.24, 2.45) is 23.7 Å². The van der Waals surface area contributed by atoms with E-state index in [2.05, 4.69) is 5.32 Å². The molecule has 13 heteroatoms. The van der Waals surface area contributed by atoms with Gasteiger partial charge in [0.1, 0.15) is 17.6 Å². The van der Waals surface area contributed by atoms with Crippen molar-refractivity contribution < 1.29 is 58.9 Å². The zero-order valence-corrected chi connectivity index (χ0v) is 28.8. The second-order valence-corrected chi connectivity index (χ2v) is 13.3. The molecular formula is C36H45NO12. The number of phenols is 1. The van der Waals surface area contributed by atoms with Crippen molar-refractivity contribution in [2.75, 3.05) is 0 Å². The number of nitrogens with one attached hydrogen (secondary N) is 1. The van der Waals surface area contributed by atoms with E-state index in [-0.39, 0.29) is 33.7 Å². The highest BCUT2D eigenvalue weighted by atomic mass is 16.7. The third-order valence-corrected chi connectivity index (χ3v) is 9.80. The number of aliphatic hydroxyl groups excluding tert-OH is 4. The van der Waals surface area contributed by atoms with Crippen LogP contribution in [0.3, 0.4) is 0 Å². The maximum absolute atomic E-state index is 13.7. The summed E-state index contributed by atoms with van der Waals surface area (Å²) in [4.78, 5) is 52.3. The van der Waals surface area contributed by atoms with Crippen LogP contribution < -0.4 is 10.1 Å². The van der Waals surface area contributed by atoms with E-state index >= 15 is 0 Å². The predicted octanol–water partition coefficient (Wildman–Crippen LogP) is 2.83. The molecule has 1 amide bonds. The molecule has 13 nitrogen and oxygen atoms in total. The first kappa shape index (κ1) is 37.5. The number of esters is 1. The molecule has 49 heavy (non-hydrogen) atoms. The van der Waals surface area contributed by atoms with Crippen molar-refractivity contribution >= 4 is 23.4 Å². The van der Waals surface area contributed by atoms with E-state index in [1.165, 1.54) is 45.9 Å². The van der Waals surface area contributed by atoms with E-state index in [0.717, 1.165) is 12.3 Å². The molecule has 266 valence electrons. The van der Waals surface area contributed by atoms with Crippen LogP contribution in [0.15, 0.2) is 47.9 Å². The normalized spacial score (nSPS) is 34.0. The second-order valence-electron chi connectivity index (χ2n) is 13.3. The van der Waals surface area contributed by atoms with Crippen LogP contribution in [0.5, 0.6) is 11.5 Å². The predicted molar refractivity (Wildman–Crippen MR) is 175 cm³/mol. The molecule has 4 aliphatic rings. The SMILES string of the molecule is CC(=O)O[C@H]1[C@@H](C)[C@H](O)C=CO[C@]2(C)Oc3c(C)c(O)c4c(c3[C@@H]2O)C(=O)C(C)=C(NC(=O)C=CC=C[C@@H](C)[C@@H](O)[C@H](C)[C@H](O)[C@@H]1C)C4=O. The molecule has 5 bridgehead atoms. The minimum atomic E-state index is -1.89. The first-order chi connectivity index (χ1) is 22.8. The molecule has 0 saturated heterocycles. The first-order valence-electron chi connectivity index (χ1n) is 16.1. The fraction of sp³-hybridized carbons (Fsp3) is 0.500. The molecule has 1 aromatic carbocycles. The van der Waals surface area contributed by atoms with Crippen molar-refractivity contribution in [2.45, 2.75) is 91.7 Å². The third-order valence-electron chi connectivity index (χ3n) is 9.80. The summed E-state index contributed by atoms with van der Waals surface area (Å²) in [6.45, 7) is 11.9. The summed E-state index contributed by atoms with van der Waals surface area (Å²) in [6.07, 6.45) is 1.70. The number of allylic oxidation sites excluding steroid dienone is 4. The van der Waals surface area contributed by atoms with Crippen LogP contribution in [0.2, 0.25) is 0 Å². The van der Waals surface area contributed by atoms with Gasteiger partial charge in [0.05, 0.1) is 35.8 Å². The third kappa shape index (κ3) is 6.93. The number of ketones is 2. The lowest BCUT2D eigenvalue weighted by molar-refractivity contribution is -0.181. The summed E-state index contributed by atoms with van der Waals surface area (Å²) in [5.41, 5.74) is -1.21. The number of carbonyl (C=O) groups is 4. The Morgan fingerprint density at radius 3 is 2.18 bits per heavy atom. The van der Waals surface area contributed by atoms with Crippen molar-refractivity contribution in [3.05, 3.63) is 70.2 Å². The molecule has 0 unspecified atom stereocenters. The summed E-state index contributed by atoms with van der Waals surface area (Å²) in [7, 11) is 0. The number of rotatable bonds is 1. The van der Waals surface area contributed by atoms with Gasteiger partial charge < -0.3 is 45.1 Å². The maximum Gasteiger partial charge on any atom is 0.302 e. The average molecular weight is 684 g/mol. The number of hydrogen-bond acceptors (Lipinski definition) is 12. The summed E-state index contributed by atoms with van der Waals surface area (Å²) in [6, 6.07) is 0. The summed E-state index contributed by atoms with van der Waals surface area (Å²) < 4.78 is 17.3. The van der Waals surface area contributed by atoms with Gasteiger partial charge in [0.15, 0.2) is 11.9 Å². The average Bonchev–Trinajstić information content (AvgIpc) is 3.31. The number of aromatic hydroxyl groups is 1. The van der Waals surface area contributed by atoms with E-state index < -0.39 is 94.7 Å². The molecule has 0 fully saturated rings. The molecule has 6 N–H and O–H groups in total. The van der Waals surface area contributed by atoms with Crippen LogP contribution in [0.25, 0.3) is 0 Å². The Morgan fingerprint density at radius 1 is 0.898 bits per heavy atom. The fourth-order valence-corrected chi connectivity index (χ4v) is 6.59. The monoisotopic (exact) mass is 683 g/mol. The highest BCUT2D eigenvalue weighted by molar-refractivity contribution is 6.29. The van der Waals surface area contributed by atoms with Gasteiger partial charge >= 0.3 is 5.97 Å². The molecule has 0 saturated carbocycles. The highest BCUT2D eigenvalue weighted by Gasteiger charge is 2.52. The lowest BCUT2D eigenvalue weighted by Crippen LogP contribution is -2.46. The van der Waals surface area contributed by atoms with Crippen LogP contribution in [-0.4, -0.2) is 79.2 Å². The quantitative estimate of drug-likeness (QED) is 0.236. The molecule has 1 aromatic rings. The Morgan fingerprint density at radius 2 is 1.55 bits per heavy atom. The first-order valence-corrected chi connectivity index (χ1v) is 16.1. The summed E-state index contributed by atoms with van der Waals surface area (Å²) >= 11 is 0. The number of hydrogen-bond donors (Lipinski definition) is 6. The van der Waals surface area contributed by atoms with E-state index in [0.29, 0.717) is 0 Å². The second kappa shape index (κ2) is 14.3. The van der Waals surface area contributed by atoms with Gasteiger partial charge in [-0.3, -0.25) is 19.2 Å². The van der Waals surface area contributed by atoms with Gasteiger partial charge in [-0.05, 0) is 19.9 Å². The molecular weight excluding hydrogens is 638 g/mol. The maximum atomic E-state index is 13.7. The molecule has 10 atom stereocenters. The van der Waals surface area contributed by atoms with Crippen LogP contribution in [0.1, 0.15) is 86.4 Å². The molecule has 5 rings (SSSR count). The van der Waals surface area contributed by atoms with Gasteiger partial charge in [-0.15, -0.1) is 0 Å². The van der Waals surface area contributed by atoms with Gasteiger partial charge in [-0.1, -0.05) is 45.9 Å². The van der Waals surface area contributed by atoms with Crippen molar-refractivity contribution in [1.29, 1.82) is 0 Å². The Balaban J connectivity index is 1.81. The Bertz CT molecular complexity index is 1660. The summed E-state index contributed by atoms with van der Waals surface area (Å²) in [5.74, 6) is -8.26. The van der Waals surface area contributed by atoms with E-state index in [4.69, 9.17) is 14.2 Å². The Hall–Kier alpha value is -4.30. The number of carbonyl (C=O) groups excluding carboxylic acids is 4. The molecule has 0 spiro atoms. The van der Waals surface area contributed by atoms with Crippen LogP contribution in [0.4, 0.5) is 0 Å². The highest BCUT2D eigenvalue weighted by Crippen LogP contribution is 2.53. The molecule has 0 radical (unpaired) electrons. The van der Waals surface area contributed by atoms with Crippen molar-refractivity contribution in [1.82, 2.24) is 5.32 Å². The number of ether oxygens (including phenoxy) is 3. The van der Waals surface area contributed by atoms with Gasteiger partial charge in [-0.25, -0.2) is 0 Å². The summed E-state index contributed by atoms with van der Waals surface area (Å²) in [5, 5.41) is 58.4. The number of phenolic OH excluding ortho intramolecular Hbond substituents is 1. The molecule has 0 aromatic heterocycles. The molecule has 3 heterocycles. The number of fused-ring (bicyclic) bond motifs is 14. The number of Topliss-reactive ketones (excluding diaryl/α,β-unsaturated/α-hetero) is 2. The van der Waals surface area contributed by atoms with E-state index in [1.807, 2.05) is 0 Å². The van der Waals surface area contributed by atoms with Gasteiger partial charge in [0.25, 0.3) is 5.79 Å². The lowest BCUT2D eigenvalue weighted by atomic mass is 9.78. The standard InChI is InChI=1S/C36H45NO12/c1-15-11-9-10-12-23(40)37-27-17(3)30(43)24-25(32(27)45)31(44)20(6)34-26(24)35(46)36(8,49-34)47-14-13-22(39)16(2)33(48-21(7)38)19(5)29(42)18(4)28(15)41/h9-16,18-19,22,28-29,33,35,39,41-42,44,46H,1-8H3,(H,37,40)/t15-,16+,18+,19+,22-,28-,29+,33+,35+,36-/m1/s1. The van der Waals surface area contributed by atoms with Crippen LogP contribution in [-0.2, 0) is 19.1 Å². The van der Waals surface area contributed by atoms with Crippen LogP contribution >= 0.6 is 0 Å². The number of aliphatic hydroxyl groups is 4. The number of amides is 1. The largest absolute Gasteiger partial charge is 0.507 e. The van der Waals surface area contributed by atoms with Crippen molar-refractivity contribution in [3.8, 4) is 11.5 Å². The van der Waals surface area contributed by atoms with E-state index in [9.17, 15) is 44.7 Å². The zero-order chi connectivity index (χ0) is 36.7. The Labute approximate surface area is 284 Å². The minimum Gasteiger partial charge on any atom is -0.507 e. The minimum absolute atomic E-state index is 0.0435. The molecule has 3 aliphatic heterocycles. The zero-order valence-electron chi connectivity index (χ0n) is 28.8. The number of benzene rings is 1. The van der Waals surface area contributed by atoms with E-state index in [1.54, 1.807) is 33.8 Å². The van der Waals surface area contributed by atoms with Crippen LogP contribution in [0, 0.1) is 30.6 Å². The fourth-order valence-electron chi connectivity index (χ4n) is 6.59. The smallest absolute Gasteiger partial charge is 0.302 e. The topological polar surface area (TPSA) is 209 Å². The molecule has 1 aliphatic carbocycles. The Kier molecular flexibility index (Phi) is 10.9. The van der Waals surface area contributed by atoms with Gasteiger partial charge in [0.2, 0.25) is 11.7 Å².